The summed E-state index contributed by atoms with van der Waals surface area (Å²) in [7, 11) is 0. The maximum Gasteiger partial charge on any atom is 0.186 e. The second-order valence-corrected chi connectivity index (χ2v) is 5.62. The first-order valence-corrected chi connectivity index (χ1v) is 7.76. The number of hydrogen-bond donors (Lipinski definition) is 6. The highest BCUT2D eigenvalue weighted by Crippen LogP contribution is 2.22. The highest BCUT2D eigenvalue weighted by Gasteiger charge is 2.43. The number of aromatic nitrogens is 1. The van der Waals surface area contributed by atoms with Crippen molar-refractivity contribution < 1.29 is 40.2 Å². The molecule has 1 saturated heterocycles. The third kappa shape index (κ3) is 4.84. The normalized spacial score (nSPS) is 30.0. The summed E-state index contributed by atoms with van der Waals surface area (Å²) in [5.41, 5.74) is 0.764. The Morgan fingerprint density at radius 3 is 2.64 bits per heavy atom. The Morgan fingerprint density at radius 1 is 1.20 bits per heavy atom. The van der Waals surface area contributed by atoms with Gasteiger partial charge in [-0.25, -0.2) is 4.98 Å². The summed E-state index contributed by atoms with van der Waals surface area (Å²) in [5, 5.41) is 59.2. The lowest BCUT2D eigenvalue weighted by Gasteiger charge is -2.39. The Kier molecular flexibility index (Phi) is 7.05. The van der Waals surface area contributed by atoms with E-state index in [1.165, 1.54) is 6.07 Å². The van der Waals surface area contributed by atoms with E-state index >= 15 is 0 Å². The Labute approximate surface area is 143 Å². The van der Waals surface area contributed by atoms with Crippen molar-refractivity contribution in [3.05, 3.63) is 23.5 Å². The van der Waals surface area contributed by atoms with Crippen molar-refractivity contribution in [2.75, 3.05) is 13.2 Å². The number of aryl methyl sites for hydroxylation is 1. The second-order valence-electron chi connectivity index (χ2n) is 5.62. The molecule has 1 aliphatic rings. The molecule has 0 radical (unpaired) electrons. The van der Waals surface area contributed by atoms with Gasteiger partial charge in [-0.3, -0.25) is 0 Å². The lowest BCUT2D eigenvalue weighted by atomic mass is 9.99. The summed E-state index contributed by atoms with van der Waals surface area (Å²) < 4.78 is 10.6. The van der Waals surface area contributed by atoms with Gasteiger partial charge in [0.2, 0.25) is 0 Å². The lowest BCUT2D eigenvalue weighted by Crippen LogP contribution is -2.59. The summed E-state index contributed by atoms with van der Waals surface area (Å²) in [5.74, 6) is -0.112. The fourth-order valence-corrected chi connectivity index (χ4v) is 2.46. The zero-order chi connectivity index (χ0) is 18.4. The Morgan fingerprint density at radius 2 is 1.96 bits per heavy atom. The summed E-state index contributed by atoms with van der Waals surface area (Å²) in [6.45, 7) is -0.355. The molecule has 6 N–H and O–H groups in total. The molecule has 0 spiro atoms. The SMILES string of the molecule is OC[C@H]1O[C@@H](OCCCc2ccc(O)c(/C=N/O)n2)[C@H](O)[C@@H](O)[C@@H]1O. The smallest absolute Gasteiger partial charge is 0.186 e. The van der Waals surface area contributed by atoms with Gasteiger partial charge in [0.25, 0.3) is 0 Å². The van der Waals surface area contributed by atoms with Crippen LogP contribution in [0.5, 0.6) is 5.75 Å². The van der Waals surface area contributed by atoms with Crippen LogP contribution in [0.25, 0.3) is 0 Å². The van der Waals surface area contributed by atoms with Crippen LogP contribution in [-0.2, 0) is 15.9 Å². The summed E-state index contributed by atoms with van der Waals surface area (Å²) in [6.07, 6.45) is -4.53. The van der Waals surface area contributed by atoms with Gasteiger partial charge >= 0.3 is 0 Å². The summed E-state index contributed by atoms with van der Waals surface area (Å²) in [4.78, 5) is 4.11. The minimum atomic E-state index is -1.48. The van der Waals surface area contributed by atoms with Crippen LogP contribution in [-0.4, -0.2) is 85.9 Å². The third-order valence-electron chi connectivity index (χ3n) is 3.85. The first-order chi connectivity index (χ1) is 12.0. The molecular formula is C15H22N2O8. The molecule has 10 heteroatoms. The topological polar surface area (TPSA) is 165 Å². The van der Waals surface area contributed by atoms with Crippen LogP contribution in [0.3, 0.4) is 0 Å². The quantitative estimate of drug-likeness (QED) is 0.145. The number of rotatable bonds is 7. The first-order valence-electron chi connectivity index (χ1n) is 7.76. The zero-order valence-corrected chi connectivity index (χ0v) is 13.3. The molecule has 0 saturated carbocycles. The van der Waals surface area contributed by atoms with Gasteiger partial charge in [0, 0.05) is 5.69 Å². The van der Waals surface area contributed by atoms with Gasteiger partial charge in [0.1, 0.15) is 35.9 Å². The molecule has 0 unspecified atom stereocenters. The van der Waals surface area contributed by atoms with E-state index in [1.54, 1.807) is 6.07 Å². The van der Waals surface area contributed by atoms with Gasteiger partial charge in [-0.2, -0.15) is 0 Å². The van der Waals surface area contributed by atoms with Crippen LogP contribution in [0, 0.1) is 0 Å². The molecule has 2 heterocycles. The molecule has 0 aromatic carbocycles. The minimum absolute atomic E-state index is 0.112. The highest BCUT2D eigenvalue weighted by atomic mass is 16.7. The van der Waals surface area contributed by atoms with E-state index in [0.29, 0.717) is 18.5 Å². The maximum atomic E-state index is 9.84. The van der Waals surface area contributed by atoms with Gasteiger partial charge in [-0.1, -0.05) is 5.16 Å². The van der Waals surface area contributed by atoms with Gasteiger partial charge in [0.15, 0.2) is 6.29 Å². The number of oxime groups is 1. The molecule has 0 aliphatic carbocycles. The zero-order valence-electron chi connectivity index (χ0n) is 13.3. The van der Waals surface area contributed by atoms with Gasteiger partial charge in [-0.05, 0) is 25.0 Å². The Hall–Kier alpha value is -1.82. The molecule has 10 nitrogen and oxygen atoms in total. The van der Waals surface area contributed by atoms with Gasteiger partial charge in [0.05, 0.1) is 19.4 Å². The van der Waals surface area contributed by atoms with Gasteiger partial charge in [-0.15, -0.1) is 0 Å². The van der Waals surface area contributed by atoms with E-state index < -0.39 is 37.3 Å². The number of pyridine rings is 1. The molecule has 1 aromatic rings. The Balaban J connectivity index is 1.83. The average Bonchev–Trinajstić information content (AvgIpc) is 2.61. The van der Waals surface area contributed by atoms with Gasteiger partial charge < -0.3 is 40.2 Å². The number of aromatic hydroxyl groups is 1. The van der Waals surface area contributed by atoms with Crippen molar-refractivity contribution in [1.29, 1.82) is 0 Å². The van der Waals surface area contributed by atoms with Crippen molar-refractivity contribution >= 4 is 6.21 Å². The third-order valence-corrected chi connectivity index (χ3v) is 3.85. The molecule has 1 fully saturated rings. The molecule has 1 aliphatic heterocycles. The first kappa shape index (κ1) is 19.5. The van der Waals surface area contributed by atoms with Crippen LogP contribution in [0.2, 0.25) is 0 Å². The minimum Gasteiger partial charge on any atom is -0.506 e. The fraction of sp³-hybridized carbons (Fsp3) is 0.600. The van der Waals surface area contributed by atoms with Crippen molar-refractivity contribution in [2.45, 2.75) is 43.5 Å². The molecule has 2 rings (SSSR count). The van der Waals surface area contributed by atoms with E-state index in [-0.39, 0.29) is 18.1 Å². The highest BCUT2D eigenvalue weighted by molar-refractivity contribution is 5.80. The molecule has 0 amide bonds. The molecule has 25 heavy (non-hydrogen) atoms. The second kappa shape index (κ2) is 9.04. The van der Waals surface area contributed by atoms with Crippen LogP contribution in [0.1, 0.15) is 17.8 Å². The Bertz CT molecular complexity index is 583. The van der Waals surface area contributed by atoms with Crippen LogP contribution >= 0.6 is 0 Å². The van der Waals surface area contributed by atoms with Crippen molar-refractivity contribution in [3.8, 4) is 5.75 Å². The average molecular weight is 358 g/mol. The number of aliphatic hydroxyl groups is 4. The standard InChI is InChI=1S/C15H22N2O8/c18-7-11-12(20)13(21)14(22)15(25-11)24-5-1-2-8-3-4-10(19)9(17-8)6-16-23/h3-4,6,11-15,18-23H,1-2,5,7H2/b16-6+/t11-,12-,13+,14-,15-/m1/s1. The van der Waals surface area contributed by atoms with E-state index in [9.17, 15) is 20.4 Å². The summed E-state index contributed by atoms with van der Waals surface area (Å²) in [6, 6.07) is 3.04. The predicted octanol–water partition coefficient (Wildman–Crippen LogP) is -1.66. The van der Waals surface area contributed by atoms with Crippen molar-refractivity contribution in [2.24, 2.45) is 5.16 Å². The number of nitrogens with zero attached hydrogens (tertiary/aromatic N) is 2. The van der Waals surface area contributed by atoms with E-state index in [0.717, 1.165) is 6.21 Å². The molecule has 1 aromatic heterocycles. The van der Waals surface area contributed by atoms with Crippen LogP contribution in [0.15, 0.2) is 17.3 Å². The van der Waals surface area contributed by atoms with E-state index in [1.807, 2.05) is 0 Å². The largest absolute Gasteiger partial charge is 0.506 e. The monoisotopic (exact) mass is 358 g/mol. The predicted molar refractivity (Wildman–Crippen MR) is 83.3 cm³/mol. The van der Waals surface area contributed by atoms with Crippen molar-refractivity contribution in [3.63, 3.8) is 0 Å². The van der Waals surface area contributed by atoms with Crippen LogP contribution in [0.4, 0.5) is 0 Å². The number of aliphatic hydroxyl groups excluding tert-OH is 4. The molecular weight excluding hydrogens is 336 g/mol. The fourth-order valence-electron chi connectivity index (χ4n) is 2.46. The number of ether oxygens (including phenoxy) is 2. The lowest BCUT2D eigenvalue weighted by molar-refractivity contribution is -0.301. The molecule has 140 valence electrons. The molecule has 0 bridgehead atoms. The molecule has 5 atom stereocenters. The number of hydrogen-bond acceptors (Lipinski definition) is 10. The van der Waals surface area contributed by atoms with Crippen LogP contribution < -0.4 is 0 Å². The van der Waals surface area contributed by atoms with Crippen molar-refractivity contribution in [1.82, 2.24) is 4.98 Å². The maximum absolute atomic E-state index is 9.84. The van der Waals surface area contributed by atoms with E-state index in [4.69, 9.17) is 19.8 Å². The van der Waals surface area contributed by atoms with E-state index in [2.05, 4.69) is 10.1 Å². The summed E-state index contributed by atoms with van der Waals surface area (Å²) >= 11 is 0.